The largest absolute Gasteiger partial charge is 0.374 e. The molecule has 3 amide bonds. The number of hydrogen-bond donors (Lipinski definition) is 2. The molecule has 2 N–H and O–H groups in total. The third-order valence-corrected chi connectivity index (χ3v) is 4.17. The zero-order chi connectivity index (χ0) is 17.6. The first kappa shape index (κ1) is 16.8. The lowest BCUT2D eigenvalue weighted by molar-refractivity contribution is -0.125. The maximum Gasteiger partial charge on any atom is 0.324 e. The van der Waals surface area contributed by atoms with E-state index >= 15 is 0 Å². The number of rotatable bonds is 6. The lowest BCUT2D eigenvalue weighted by Gasteiger charge is -2.23. The molecule has 0 aromatic heterocycles. The van der Waals surface area contributed by atoms with Gasteiger partial charge in [0.1, 0.15) is 0 Å². The first-order valence-electron chi connectivity index (χ1n) is 8.31. The summed E-state index contributed by atoms with van der Waals surface area (Å²) in [6.07, 6.45) is 0. The van der Waals surface area contributed by atoms with Crippen molar-refractivity contribution in [1.29, 1.82) is 0 Å². The fraction of sp³-hybridized carbons (Fsp3) is 0.263. The SMILES string of the molecule is CN(Cc1ccccc1)c1ccccc1NCC(=O)N1CCNC1=O. The molecule has 1 heterocycles. The van der Waals surface area contributed by atoms with E-state index in [1.807, 2.05) is 49.5 Å². The zero-order valence-electron chi connectivity index (χ0n) is 14.2. The normalized spacial score (nSPS) is 13.5. The fourth-order valence-corrected chi connectivity index (χ4v) is 2.87. The predicted octanol–water partition coefficient (Wildman–Crippen LogP) is 2.29. The van der Waals surface area contributed by atoms with Crippen molar-refractivity contribution in [1.82, 2.24) is 10.2 Å². The monoisotopic (exact) mass is 338 g/mol. The Labute approximate surface area is 147 Å². The number of benzene rings is 2. The Bertz CT molecular complexity index is 748. The highest BCUT2D eigenvalue weighted by Gasteiger charge is 2.25. The number of nitrogens with zero attached hydrogens (tertiary/aromatic N) is 2. The second-order valence-corrected chi connectivity index (χ2v) is 5.99. The van der Waals surface area contributed by atoms with Gasteiger partial charge in [0.2, 0.25) is 5.91 Å². The summed E-state index contributed by atoms with van der Waals surface area (Å²) in [5, 5.41) is 5.80. The van der Waals surface area contributed by atoms with Gasteiger partial charge in [-0.15, -0.1) is 0 Å². The molecule has 0 aliphatic carbocycles. The van der Waals surface area contributed by atoms with E-state index in [1.165, 1.54) is 10.5 Å². The minimum Gasteiger partial charge on any atom is -0.374 e. The molecule has 1 aliphatic rings. The Balaban J connectivity index is 1.66. The number of imide groups is 1. The second kappa shape index (κ2) is 7.70. The lowest BCUT2D eigenvalue weighted by Crippen LogP contribution is -2.38. The summed E-state index contributed by atoms with van der Waals surface area (Å²) < 4.78 is 0. The van der Waals surface area contributed by atoms with Gasteiger partial charge in [0.15, 0.2) is 0 Å². The van der Waals surface area contributed by atoms with Crippen molar-refractivity contribution in [3.8, 4) is 0 Å². The van der Waals surface area contributed by atoms with Crippen molar-refractivity contribution in [2.45, 2.75) is 6.54 Å². The minimum absolute atomic E-state index is 0.0869. The summed E-state index contributed by atoms with van der Waals surface area (Å²) in [6.45, 7) is 1.79. The Hall–Kier alpha value is -3.02. The van der Waals surface area contributed by atoms with Crippen LogP contribution in [0.15, 0.2) is 54.6 Å². The highest BCUT2D eigenvalue weighted by molar-refractivity contribution is 5.97. The Morgan fingerprint density at radius 2 is 1.88 bits per heavy atom. The van der Waals surface area contributed by atoms with E-state index in [4.69, 9.17) is 0 Å². The van der Waals surface area contributed by atoms with Crippen LogP contribution < -0.4 is 15.5 Å². The van der Waals surface area contributed by atoms with Crippen LogP contribution >= 0.6 is 0 Å². The molecular weight excluding hydrogens is 316 g/mol. The predicted molar refractivity (Wildman–Crippen MR) is 98.6 cm³/mol. The Kier molecular flexibility index (Phi) is 5.18. The van der Waals surface area contributed by atoms with Crippen LogP contribution in [0.1, 0.15) is 5.56 Å². The molecular formula is C19H22N4O2. The molecule has 0 radical (unpaired) electrons. The van der Waals surface area contributed by atoms with Gasteiger partial charge < -0.3 is 15.5 Å². The van der Waals surface area contributed by atoms with Crippen LogP contribution in [-0.4, -0.2) is 43.5 Å². The maximum atomic E-state index is 12.2. The summed E-state index contributed by atoms with van der Waals surface area (Å²) in [5.74, 6) is -0.226. The van der Waals surface area contributed by atoms with Crippen molar-refractivity contribution in [3.63, 3.8) is 0 Å². The maximum absolute atomic E-state index is 12.2. The Morgan fingerprint density at radius 1 is 1.16 bits per heavy atom. The number of amides is 3. The molecule has 0 bridgehead atoms. The molecule has 0 atom stereocenters. The second-order valence-electron chi connectivity index (χ2n) is 5.99. The van der Waals surface area contributed by atoms with Crippen LogP contribution in [0.3, 0.4) is 0 Å². The van der Waals surface area contributed by atoms with E-state index in [0.29, 0.717) is 13.1 Å². The summed E-state index contributed by atoms with van der Waals surface area (Å²) in [7, 11) is 2.02. The van der Waals surface area contributed by atoms with E-state index in [0.717, 1.165) is 17.9 Å². The van der Waals surface area contributed by atoms with Gasteiger partial charge in [-0.25, -0.2) is 4.79 Å². The average Bonchev–Trinajstić information content (AvgIpc) is 3.07. The molecule has 2 aromatic rings. The fourth-order valence-electron chi connectivity index (χ4n) is 2.87. The third kappa shape index (κ3) is 4.09. The van der Waals surface area contributed by atoms with Crippen LogP contribution in [0.2, 0.25) is 0 Å². The summed E-state index contributed by atoms with van der Waals surface area (Å²) >= 11 is 0. The number of carbonyl (C=O) groups excluding carboxylic acids is 2. The highest BCUT2D eigenvalue weighted by atomic mass is 16.2. The van der Waals surface area contributed by atoms with Crippen LogP contribution in [0, 0.1) is 0 Å². The van der Waals surface area contributed by atoms with Crippen molar-refractivity contribution >= 4 is 23.3 Å². The van der Waals surface area contributed by atoms with Crippen LogP contribution in [-0.2, 0) is 11.3 Å². The van der Waals surface area contributed by atoms with Crippen molar-refractivity contribution in [2.75, 3.05) is 36.9 Å². The van der Waals surface area contributed by atoms with E-state index in [9.17, 15) is 9.59 Å². The minimum atomic E-state index is -0.318. The van der Waals surface area contributed by atoms with E-state index in [2.05, 4.69) is 27.7 Å². The highest BCUT2D eigenvalue weighted by Crippen LogP contribution is 2.25. The summed E-state index contributed by atoms with van der Waals surface area (Å²) in [6, 6.07) is 17.7. The molecule has 0 saturated carbocycles. The van der Waals surface area contributed by atoms with Gasteiger partial charge in [-0.3, -0.25) is 9.69 Å². The van der Waals surface area contributed by atoms with Crippen molar-refractivity contribution < 1.29 is 9.59 Å². The lowest BCUT2D eigenvalue weighted by atomic mass is 10.2. The molecule has 1 saturated heterocycles. The molecule has 1 fully saturated rings. The van der Waals surface area contributed by atoms with Crippen LogP contribution in [0.25, 0.3) is 0 Å². The quantitative estimate of drug-likeness (QED) is 0.848. The molecule has 3 rings (SSSR count). The number of anilines is 2. The number of urea groups is 1. The summed E-state index contributed by atoms with van der Waals surface area (Å²) in [4.78, 5) is 27.1. The van der Waals surface area contributed by atoms with Gasteiger partial charge in [-0.2, -0.15) is 0 Å². The molecule has 25 heavy (non-hydrogen) atoms. The van der Waals surface area contributed by atoms with Crippen molar-refractivity contribution in [3.05, 3.63) is 60.2 Å². The van der Waals surface area contributed by atoms with Gasteiger partial charge in [0.25, 0.3) is 0 Å². The molecule has 0 spiro atoms. The molecule has 0 unspecified atom stereocenters. The topological polar surface area (TPSA) is 64.7 Å². The molecule has 2 aromatic carbocycles. The number of nitrogens with one attached hydrogen (secondary N) is 2. The molecule has 6 heteroatoms. The summed E-state index contributed by atoms with van der Waals surface area (Å²) in [5.41, 5.74) is 3.09. The molecule has 130 valence electrons. The van der Waals surface area contributed by atoms with Gasteiger partial charge in [-0.1, -0.05) is 42.5 Å². The van der Waals surface area contributed by atoms with Crippen LogP contribution in [0.5, 0.6) is 0 Å². The third-order valence-electron chi connectivity index (χ3n) is 4.17. The van der Waals surface area contributed by atoms with E-state index in [-0.39, 0.29) is 18.5 Å². The zero-order valence-corrected chi connectivity index (χ0v) is 14.2. The first-order valence-corrected chi connectivity index (χ1v) is 8.31. The molecule has 6 nitrogen and oxygen atoms in total. The molecule has 1 aliphatic heterocycles. The van der Waals surface area contributed by atoms with Crippen LogP contribution in [0.4, 0.5) is 16.2 Å². The van der Waals surface area contributed by atoms with Gasteiger partial charge in [-0.05, 0) is 17.7 Å². The number of para-hydroxylation sites is 2. The van der Waals surface area contributed by atoms with Gasteiger partial charge >= 0.3 is 6.03 Å². The number of hydrogen-bond acceptors (Lipinski definition) is 4. The smallest absolute Gasteiger partial charge is 0.324 e. The van der Waals surface area contributed by atoms with Gasteiger partial charge in [0.05, 0.1) is 17.9 Å². The number of carbonyl (C=O) groups is 2. The van der Waals surface area contributed by atoms with Gasteiger partial charge in [0, 0.05) is 26.7 Å². The first-order chi connectivity index (χ1) is 12.1. The standard InChI is InChI=1S/C19H22N4O2/c1-22(14-15-7-3-2-4-8-15)17-10-6-5-9-16(17)21-13-18(24)23-12-11-20-19(23)25/h2-10,21H,11-14H2,1H3,(H,20,25). The van der Waals surface area contributed by atoms with Crippen molar-refractivity contribution in [2.24, 2.45) is 0 Å². The van der Waals surface area contributed by atoms with E-state index in [1.54, 1.807) is 0 Å². The average molecular weight is 338 g/mol. The van der Waals surface area contributed by atoms with E-state index < -0.39 is 0 Å². The Morgan fingerprint density at radius 3 is 2.60 bits per heavy atom.